The number of fused-ring (bicyclic) bond motifs is 1. The molecule has 2 aromatic rings. The van der Waals surface area contributed by atoms with Crippen LogP contribution in [0.1, 0.15) is 6.92 Å². The molecule has 0 radical (unpaired) electrons. The summed E-state index contributed by atoms with van der Waals surface area (Å²) in [4.78, 5) is 2.88. The van der Waals surface area contributed by atoms with Gasteiger partial charge >= 0.3 is 5.69 Å². The maximum absolute atomic E-state index is 11.9. The average molecular weight is 279 g/mol. The van der Waals surface area contributed by atoms with Crippen molar-refractivity contribution in [2.75, 3.05) is 6.61 Å². The molecule has 0 atom stereocenters. The SMILES string of the molecule is CCOS(=O)(=O)c1cccc2c(O)c([N+]#N)ccc12. The van der Waals surface area contributed by atoms with E-state index in [4.69, 9.17) is 9.58 Å². The Hall–Kier alpha value is -2.17. The molecule has 19 heavy (non-hydrogen) atoms. The van der Waals surface area contributed by atoms with Gasteiger partial charge in [0.1, 0.15) is 4.90 Å². The number of hydrogen-bond donors (Lipinski definition) is 1. The number of benzene rings is 2. The van der Waals surface area contributed by atoms with Gasteiger partial charge in [0.2, 0.25) is 11.1 Å². The first-order chi connectivity index (χ1) is 9.01. The minimum atomic E-state index is -3.88. The number of nitrogens with zero attached hydrogens (tertiary/aromatic N) is 2. The quantitative estimate of drug-likeness (QED) is 0.689. The van der Waals surface area contributed by atoms with Crippen LogP contribution in [0.15, 0.2) is 35.2 Å². The average Bonchev–Trinajstić information content (AvgIpc) is 2.38. The predicted octanol–water partition coefficient (Wildman–Crippen LogP) is 2.76. The van der Waals surface area contributed by atoms with Crippen molar-refractivity contribution in [3.63, 3.8) is 0 Å². The number of aromatic hydroxyl groups is 1. The van der Waals surface area contributed by atoms with E-state index in [9.17, 15) is 13.5 Å². The Morgan fingerprint density at radius 1 is 1.26 bits per heavy atom. The van der Waals surface area contributed by atoms with E-state index in [1.807, 2.05) is 0 Å². The van der Waals surface area contributed by atoms with E-state index in [2.05, 4.69) is 4.98 Å². The zero-order valence-electron chi connectivity index (χ0n) is 10.1. The van der Waals surface area contributed by atoms with Gasteiger partial charge in [-0.1, -0.05) is 12.1 Å². The molecule has 0 spiro atoms. The highest BCUT2D eigenvalue weighted by molar-refractivity contribution is 7.87. The van der Waals surface area contributed by atoms with Crippen LogP contribution >= 0.6 is 0 Å². The molecule has 7 heteroatoms. The van der Waals surface area contributed by atoms with E-state index < -0.39 is 10.1 Å². The normalized spacial score (nSPS) is 11.4. The van der Waals surface area contributed by atoms with Crippen molar-refractivity contribution in [3.8, 4) is 5.75 Å². The highest BCUT2D eigenvalue weighted by atomic mass is 32.2. The maximum atomic E-state index is 11.9. The molecule has 0 aliphatic rings. The van der Waals surface area contributed by atoms with Gasteiger partial charge < -0.3 is 5.11 Å². The number of phenols is 1. The maximum Gasteiger partial charge on any atom is 0.426 e. The molecule has 0 aromatic heterocycles. The second-order valence-corrected chi connectivity index (χ2v) is 5.33. The fourth-order valence-corrected chi connectivity index (χ4v) is 2.95. The molecule has 2 aromatic carbocycles. The highest BCUT2D eigenvalue weighted by Gasteiger charge is 2.22. The summed E-state index contributed by atoms with van der Waals surface area (Å²) >= 11 is 0. The van der Waals surface area contributed by atoms with Crippen molar-refractivity contribution in [2.24, 2.45) is 0 Å². The van der Waals surface area contributed by atoms with Crippen molar-refractivity contribution in [1.82, 2.24) is 0 Å². The van der Waals surface area contributed by atoms with Gasteiger partial charge in [-0.05, 0) is 19.1 Å². The summed E-state index contributed by atoms with van der Waals surface area (Å²) in [5, 5.41) is 19.2. The molecule has 6 nitrogen and oxygen atoms in total. The zero-order chi connectivity index (χ0) is 14.0. The van der Waals surface area contributed by atoms with Crippen LogP contribution in [0.25, 0.3) is 15.7 Å². The van der Waals surface area contributed by atoms with Crippen LogP contribution in [0.2, 0.25) is 0 Å². The van der Waals surface area contributed by atoms with E-state index in [-0.39, 0.29) is 28.3 Å². The summed E-state index contributed by atoms with van der Waals surface area (Å²) in [6, 6.07) is 7.18. The first-order valence-electron chi connectivity index (χ1n) is 5.50. The Balaban J connectivity index is 2.80. The summed E-state index contributed by atoms with van der Waals surface area (Å²) in [5.41, 5.74) is -0.0292. The molecule has 2 rings (SSSR count). The number of hydrogen-bond acceptors (Lipinski definition) is 5. The Morgan fingerprint density at radius 3 is 2.63 bits per heavy atom. The summed E-state index contributed by atoms with van der Waals surface area (Å²) in [6.45, 7) is 1.59. The molecule has 0 fully saturated rings. The summed E-state index contributed by atoms with van der Waals surface area (Å²) in [5.74, 6) is -0.284. The van der Waals surface area contributed by atoms with Crippen molar-refractivity contribution in [2.45, 2.75) is 11.8 Å². The van der Waals surface area contributed by atoms with Gasteiger partial charge in [-0.15, -0.1) is 0 Å². The second kappa shape index (κ2) is 4.84. The molecular weight excluding hydrogens is 268 g/mol. The molecule has 98 valence electrons. The van der Waals surface area contributed by atoms with E-state index in [1.165, 1.54) is 30.3 Å². The number of phenolic OH excluding ortho intramolecular Hbond substituents is 1. The topological polar surface area (TPSA) is 91.8 Å². The van der Waals surface area contributed by atoms with E-state index in [0.717, 1.165) is 0 Å². The van der Waals surface area contributed by atoms with Gasteiger partial charge in [-0.2, -0.15) is 8.42 Å². The monoisotopic (exact) mass is 279 g/mol. The molecule has 0 heterocycles. The van der Waals surface area contributed by atoms with E-state index >= 15 is 0 Å². The lowest BCUT2D eigenvalue weighted by molar-refractivity contribution is 0.338. The lowest BCUT2D eigenvalue weighted by Crippen LogP contribution is -2.06. The minimum absolute atomic E-state index is 0.0226. The Bertz CT molecular complexity index is 778. The van der Waals surface area contributed by atoms with Gasteiger partial charge in [0.05, 0.1) is 6.61 Å². The van der Waals surface area contributed by atoms with E-state index in [0.29, 0.717) is 5.39 Å². The third kappa shape index (κ3) is 2.23. The fourth-order valence-electron chi connectivity index (χ4n) is 1.82. The van der Waals surface area contributed by atoms with Crippen LogP contribution in [0.4, 0.5) is 5.69 Å². The van der Waals surface area contributed by atoms with Crippen LogP contribution in [-0.4, -0.2) is 20.1 Å². The van der Waals surface area contributed by atoms with Crippen molar-refractivity contribution in [1.29, 1.82) is 5.39 Å². The fraction of sp³-hybridized carbons (Fsp3) is 0.167. The standard InChI is InChI=1S/C12H10N2O4S/c1-2-18-19(16,17)11-5-3-4-9-8(11)6-7-10(14-13)12(9)15/h3-7H,2H2,1H3/p+1. The minimum Gasteiger partial charge on any atom is -0.501 e. The largest absolute Gasteiger partial charge is 0.501 e. The van der Waals surface area contributed by atoms with Crippen LogP contribution in [0, 0.1) is 5.39 Å². The Morgan fingerprint density at radius 2 is 2.00 bits per heavy atom. The van der Waals surface area contributed by atoms with Gasteiger partial charge in [-0.25, -0.2) is 0 Å². The highest BCUT2D eigenvalue weighted by Crippen LogP contribution is 2.37. The summed E-state index contributed by atoms with van der Waals surface area (Å²) < 4.78 is 28.6. The Labute approximate surface area is 110 Å². The zero-order valence-corrected chi connectivity index (χ0v) is 10.9. The van der Waals surface area contributed by atoms with Crippen LogP contribution in [0.5, 0.6) is 5.75 Å². The van der Waals surface area contributed by atoms with Crippen molar-refractivity contribution < 1.29 is 17.7 Å². The predicted molar refractivity (Wildman–Crippen MR) is 69.2 cm³/mol. The smallest absolute Gasteiger partial charge is 0.426 e. The molecule has 0 saturated heterocycles. The summed E-state index contributed by atoms with van der Waals surface area (Å²) in [6.07, 6.45) is 0. The first-order valence-corrected chi connectivity index (χ1v) is 6.91. The van der Waals surface area contributed by atoms with Gasteiger partial charge in [0.15, 0.2) is 4.98 Å². The van der Waals surface area contributed by atoms with Crippen molar-refractivity contribution in [3.05, 3.63) is 35.3 Å². The molecule has 0 aliphatic heterocycles. The van der Waals surface area contributed by atoms with Crippen LogP contribution in [0.3, 0.4) is 0 Å². The number of rotatable bonds is 3. The molecule has 1 N–H and O–H groups in total. The molecule has 0 aliphatic carbocycles. The molecule has 0 saturated carbocycles. The van der Waals surface area contributed by atoms with Gasteiger partial charge in [-0.3, -0.25) is 4.18 Å². The first kappa shape index (κ1) is 13.3. The molecule has 0 bridgehead atoms. The second-order valence-electron chi connectivity index (χ2n) is 3.75. The van der Waals surface area contributed by atoms with Gasteiger partial charge in [0, 0.05) is 16.8 Å². The third-order valence-corrected chi connectivity index (χ3v) is 4.06. The molecule has 0 unspecified atom stereocenters. The van der Waals surface area contributed by atoms with Crippen LogP contribution < -0.4 is 0 Å². The van der Waals surface area contributed by atoms with E-state index in [1.54, 1.807) is 6.92 Å². The molecular formula is C12H11N2O4S+. The third-order valence-electron chi connectivity index (χ3n) is 2.62. The van der Waals surface area contributed by atoms with Crippen LogP contribution in [-0.2, 0) is 14.3 Å². The van der Waals surface area contributed by atoms with Crippen molar-refractivity contribution >= 4 is 26.6 Å². The summed E-state index contributed by atoms with van der Waals surface area (Å²) in [7, 11) is -3.88. The lowest BCUT2D eigenvalue weighted by atomic mass is 10.1. The lowest BCUT2D eigenvalue weighted by Gasteiger charge is -2.07. The Kier molecular flexibility index (Phi) is 3.38. The van der Waals surface area contributed by atoms with Gasteiger partial charge in [0.25, 0.3) is 10.1 Å². The number of diazo groups is 1. The molecule has 0 amide bonds.